The van der Waals surface area contributed by atoms with Crippen molar-refractivity contribution in [2.45, 2.75) is 32.1 Å². The molecule has 2 fully saturated rings. The SMILES string of the molecule is O=C([O-])[C@@H]1[C@@H](C(=O)N2CCCCCC2)[C@@H]2C=C[C@@H]1C2. The van der Waals surface area contributed by atoms with E-state index in [4.69, 9.17) is 0 Å². The molecule has 3 aliphatic rings. The molecule has 4 atom stereocenters. The zero-order valence-corrected chi connectivity index (χ0v) is 11.1. The van der Waals surface area contributed by atoms with Gasteiger partial charge in [0.25, 0.3) is 0 Å². The molecule has 4 heteroatoms. The summed E-state index contributed by atoms with van der Waals surface area (Å²) in [6.45, 7) is 1.58. The van der Waals surface area contributed by atoms with E-state index in [1.165, 1.54) is 12.8 Å². The fraction of sp³-hybridized carbons (Fsp3) is 0.733. The minimum atomic E-state index is -1.05. The molecule has 1 saturated carbocycles. The first-order valence-electron chi connectivity index (χ1n) is 7.36. The predicted octanol–water partition coefficient (Wildman–Crippen LogP) is 0.577. The second kappa shape index (κ2) is 4.99. The number of carboxylic acids is 1. The van der Waals surface area contributed by atoms with Crippen molar-refractivity contribution < 1.29 is 14.7 Å². The third kappa shape index (κ3) is 2.17. The fourth-order valence-corrected chi connectivity index (χ4v) is 3.98. The molecule has 3 rings (SSSR count). The van der Waals surface area contributed by atoms with Gasteiger partial charge in [0, 0.05) is 25.0 Å². The van der Waals surface area contributed by atoms with E-state index >= 15 is 0 Å². The van der Waals surface area contributed by atoms with E-state index in [1.807, 2.05) is 17.1 Å². The molecule has 4 nitrogen and oxygen atoms in total. The Morgan fingerprint density at radius 2 is 1.53 bits per heavy atom. The number of nitrogens with zero attached hydrogens (tertiary/aromatic N) is 1. The van der Waals surface area contributed by atoms with Crippen LogP contribution in [0.25, 0.3) is 0 Å². The number of rotatable bonds is 2. The summed E-state index contributed by atoms with van der Waals surface area (Å²) in [5.41, 5.74) is 0. The molecular formula is C15H20NO3-. The zero-order valence-electron chi connectivity index (χ0n) is 11.1. The number of likely N-dealkylation sites (tertiary alicyclic amines) is 1. The Kier molecular flexibility index (Phi) is 3.33. The average Bonchev–Trinajstić information content (AvgIpc) is 2.89. The smallest absolute Gasteiger partial charge is 0.226 e. The maximum atomic E-state index is 12.7. The molecule has 104 valence electrons. The van der Waals surface area contributed by atoms with Crippen LogP contribution in [-0.2, 0) is 9.59 Å². The van der Waals surface area contributed by atoms with Crippen LogP contribution in [0.1, 0.15) is 32.1 Å². The highest BCUT2D eigenvalue weighted by Crippen LogP contribution is 2.48. The lowest BCUT2D eigenvalue weighted by Gasteiger charge is -2.32. The minimum Gasteiger partial charge on any atom is -0.550 e. The Morgan fingerprint density at radius 1 is 0.947 bits per heavy atom. The Balaban J connectivity index is 1.78. The topological polar surface area (TPSA) is 60.4 Å². The molecule has 1 aliphatic heterocycles. The molecule has 0 unspecified atom stereocenters. The number of hydrogen-bond acceptors (Lipinski definition) is 3. The first-order valence-corrected chi connectivity index (χ1v) is 7.36. The molecular weight excluding hydrogens is 242 g/mol. The van der Waals surface area contributed by atoms with Gasteiger partial charge in [-0.05, 0) is 31.1 Å². The highest BCUT2D eigenvalue weighted by molar-refractivity contribution is 5.86. The third-order valence-electron chi connectivity index (χ3n) is 4.93. The second-order valence-corrected chi connectivity index (χ2v) is 6.06. The van der Waals surface area contributed by atoms with Gasteiger partial charge in [-0.15, -0.1) is 0 Å². The Bertz CT molecular complexity index is 410. The Hall–Kier alpha value is -1.32. The summed E-state index contributed by atoms with van der Waals surface area (Å²) in [6.07, 6.45) is 9.22. The van der Waals surface area contributed by atoms with Crippen LogP contribution in [0.15, 0.2) is 12.2 Å². The van der Waals surface area contributed by atoms with E-state index in [0.29, 0.717) is 0 Å². The van der Waals surface area contributed by atoms with Crippen molar-refractivity contribution >= 4 is 11.9 Å². The fourth-order valence-electron chi connectivity index (χ4n) is 3.98. The lowest BCUT2D eigenvalue weighted by Crippen LogP contribution is -2.46. The molecule has 2 aliphatic carbocycles. The molecule has 1 heterocycles. The van der Waals surface area contributed by atoms with Gasteiger partial charge in [-0.2, -0.15) is 0 Å². The van der Waals surface area contributed by atoms with Gasteiger partial charge >= 0.3 is 0 Å². The largest absolute Gasteiger partial charge is 0.550 e. The van der Waals surface area contributed by atoms with Gasteiger partial charge in [0.15, 0.2) is 0 Å². The number of fused-ring (bicyclic) bond motifs is 2. The summed E-state index contributed by atoms with van der Waals surface area (Å²) in [7, 11) is 0. The molecule has 0 aromatic carbocycles. The number of carboxylic acid groups (broad SMARTS) is 1. The number of allylic oxidation sites excluding steroid dienone is 2. The van der Waals surface area contributed by atoms with Gasteiger partial charge in [0.2, 0.25) is 5.91 Å². The van der Waals surface area contributed by atoms with Gasteiger partial charge in [0.05, 0.1) is 5.92 Å². The molecule has 19 heavy (non-hydrogen) atoms. The van der Waals surface area contributed by atoms with Gasteiger partial charge in [0.1, 0.15) is 0 Å². The Labute approximate surface area is 113 Å². The van der Waals surface area contributed by atoms with Crippen molar-refractivity contribution in [1.29, 1.82) is 0 Å². The van der Waals surface area contributed by atoms with Gasteiger partial charge in [-0.3, -0.25) is 4.79 Å². The summed E-state index contributed by atoms with van der Waals surface area (Å²) in [6, 6.07) is 0. The quantitative estimate of drug-likeness (QED) is 0.684. The van der Waals surface area contributed by atoms with Crippen LogP contribution in [0.3, 0.4) is 0 Å². The first kappa shape index (κ1) is 12.7. The average molecular weight is 262 g/mol. The van der Waals surface area contributed by atoms with Crippen LogP contribution >= 0.6 is 0 Å². The van der Waals surface area contributed by atoms with Crippen LogP contribution in [0.2, 0.25) is 0 Å². The molecule has 1 saturated heterocycles. The minimum absolute atomic E-state index is 0.0101. The van der Waals surface area contributed by atoms with Gasteiger partial charge < -0.3 is 14.8 Å². The summed E-state index contributed by atoms with van der Waals surface area (Å²) in [5.74, 6) is -1.86. The molecule has 0 radical (unpaired) electrons. The molecule has 0 aromatic heterocycles. The lowest BCUT2D eigenvalue weighted by molar-refractivity contribution is -0.313. The van der Waals surface area contributed by atoms with E-state index in [1.54, 1.807) is 0 Å². The number of amides is 1. The second-order valence-electron chi connectivity index (χ2n) is 6.06. The summed E-state index contributed by atoms with van der Waals surface area (Å²) >= 11 is 0. The van der Waals surface area contributed by atoms with E-state index in [9.17, 15) is 14.7 Å². The standard InChI is InChI=1S/C15H21NO3/c17-14(16-7-3-1-2-4-8-16)12-10-5-6-11(9-10)13(12)15(18)19/h5-6,10-13H,1-4,7-9H2,(H,18,19)/p-1/t10-,11-,12+,13+/m1/s1. The van der Waals surface area contributed by atoms with E-state index in [-0.39, 0.29) is 23.7 Å². The lowest BCUT2D eigenvalue weighted by atomic mass is 9.82. The Morgan fingerprint density at radius 3 is 2.11 bits per heavy atom. The van der Waals surface area contributed by atoms with E-state index in [0.717, 1.165) is 32.4 Å². The van der Waals surface area contributed by atoms with Crippen molar-refractivity contribution in [3.05, 3.63) is 12.2 Å². The van der Waals surface area contributed by atoms with Crippen LogP contribution in [-0.4, -0.2) is 29.9 Å². The normalized spacial score (nSPS) is 37.4. The van der Waals surface area contributed by atoms with E-state index < -0.39 is 11.9 Å². The molecule has 1 amide bonds. The molecule has 0 N–H and O–H groups in total. The zero-order chi connectivity index (χ0) is 13.4. The van der Waals surface area contributed by atoms with Gasteiger partial charge in [-0.25, -0.2) is 0 Å². The van der Waals surface area contributed by atoms with Crippen LogP contribution in [0.5, 0.6) is 0 Å². The summed E-state index contributed by atoms with van der Waals surface area (Å²) in [5, 5.41) is 11.3. The van der Waals surface area contributed by atoms with Crippen molar-refractivity contribution in [3.63, 3.8) is 0 Å². The van der Waals surface area contributed by atoms with Gasteiger partial charge in [-0.1, -0.05) is 25.0 Å². The number of aliphatic carboxylic acids is 1. The monoisotopic (exact) mass is 262 g/mol. The van der Waals surface area contributed by atoms with E-state index in [2.05, 4.69) is 0 Å². The van der Waals surface area contributed by atoms with Crippen molar-refractivity contribution in [2.24, 2.45) is 23.7 Å². The molecule has 2 bridgehead atoms. The number of carbonyl (C=O) groups is 2. The van der Waals surface area contributed by atoms with Crippen LogP contribution in [0.4, 0.5) is 0 Å². The number of hydrogen-bond donors (Lipinski definition) is 0. The third-order valence-corrected chi connectivity index (χ3v) is 4.93. The van der Waals surface area contributed by atoms with Crippen molar-refractivity contribution in [3.8, 4) is 0 Å². The summed E-state index contributed by atoms with van der Waals surface area (Å²) < 4.78 is 0. The van der Waals surface area contributed by atoms with Crippen molar-refractivity contribution in [1.82, 2.24) is 4.90 Å². The molecule has 0 aromatic rings. The highest BCUT2D eigenvalue weighted by atomic mass is 16.4. The van der Waals surface area contributed by atoms with Crippen molar-refractivity contribution in [2.75, 3.05) is 13.1 Å². The highest BCUT2D eigenvalue weighted by Gasteiger charge is 2.49. The predicted molar refractivity (Wildman–Crippen MR) is 67.8 cm³/mol. The van der Waals surface area contributed by atoms with Crippen LogP contribution < -0.4 is 5.11 Å². The maximum Gasteiger partial charge on any atom is 0.226 e. The number of carbonyl (C=O) groups excluding carboxylic acids is 2. The summed E-state index contributed by atoms with van der Waals surface area (Å²) in [4.78, 5) is 25.9. The van der Waals surface area contributed by atoms with Crippen LogP contribution in [0, 0.1) is 23.7 Å². The first-order chi connectivity index (χ1) is 9.18. The maximum absolute atomic E-state index is 12.7. The molecule has 0 spiro atoms.